The summed E-state index contributed by atoms with van der Waals surface area (Å²) in [7, 11) is 1.60. The third-order valence-electron chi connectivity index (χ3n) is 6.03. The van der Waals surface area contributed by atoms with Crippen LogP contribution in [0.2, 0.25) is 0 Å². The van der Waals surface area contributed by atoms with Gasteiger partial charge in [0.15, 0.2) is 0 Å². The molecular weight excluding hydrogens is 387 g/mol. The number of pyridine rings is 1. The minimum Gasteiger partial charge on any atom is -0.481 e. The number of rotatable bonds is 4. The van der Waals surface area contributed by atoms with E-state index >= 15 is 0 Å². The predicted molar refractivity (Wildman–Crippen MR) is 108 cm³/mol. The Labute approximate surface area is 173 Å². The topological polar surface area (TPSA) is 74.8 Å². The zero-order chi connectivity index (χ0) is 20.8. The maximum Gasteiger partial charge on any atom is 0.322 e. The summed E-state index contributed by atoms with van der Waals surface area (Å²) in [6.07, 6.45) is 4.66. The van der Waals surface area contributed by atoms with Crippen LogP contribution in [0.25, 0.3) is 5.57 Å². The highest BCUT2D eigenvalue weighted by Gasteiger charge is 2.42. The lowest BCUT2D eigenvalue weighted by Gasteiger charge is -2.32. The maximum absolute atomic E-state index is 13.5. The Morgan fingerprint density at radius 2 is 2.23 bits per heavy atom. The van der Waals surface area contributed by atoms with Crippen LogP contribution in [-0.2, 0) is 11.3 Å². The van der Waals surface area contributed by atoms with Crippen LogP contribution in [0.3, 0.4) is 0 Å². The molecule has 7 nitrogen and oxygen atoms in total. The van der Waals surface area contributed by atoms with Crippen molar-refractivity contribution in [2.24, 2.45) is 5.92 Å². The van der Waals surface area contributed by atoms with E-state index in [1.54, 1.807) is 19.4 Å². The van der Waals surface area contributed by atoms with Crippen molar-refractivity contribution in [3.05, 3.63) is 59.5 Å². The van der Waals surface area contributed by atoms with Gasteiger partial charge >= 0.3 is 6.03 Å². The van der Waals surface area contributed by atoms with Crippen LogP contribution in [0.1, 0.15) is 17.5 Å². The Balaban J connectivity index is 1.30. The summed E-state index contributed by atoms with van der Waals surface area (Å²) in [5, 5.41) is 2.73. The van der Waals surface area contributed by atoms with Gasteiger partial charge in [-0.15, -0.1) is 0 Å². The quantitative estimate of drug-likeness (QED) is 0.844. The minimum atomic E-state index is -0.364. The molecule has 2 aromatic rings. The third kappa shape index (κ3) is 3.08. The first-order chi connectivity index (χ1) is 14.5. The molecular formula is C22H21FN4O3. The van der Waals surface area contributed by atoms with Crippen LogP contribution in [0.5, 0.6) is 5.88 Å². The highest BCUT2D eigenvalue weighted by molar-refractivity contribution is 5.95. The van der Waals surface area contributed by atoms with Gasteiger partial charge in [-0.05, 0) is 47.9 Å². The fraction of sp³-hybridized carbons (Fsp3) is 0.318. The number of benzene rings is 1. The van der Waals surface area contributed by atoms with E-state index in [1.807, 2.05) is 17.0 Å². The predicted octanol–water partition coefficient (Wildman–Crippen LogP) is 2.89. The van der Waals surface area contributed by atoms with Crippen molar-refractivity contribution in [1.29, 1.82) is 0 Å². The summed E-state index contributed by atoms with van der Waals surface area (Å²) < 4.78 is 18.9. The number of likely N-dealkylation sites (tertiary alicyclic amines) is 1. The van der Waals surface area contributed by atoms with Gasteiger partial charge in [-0.1, -0.05) is 6.08 Å². The van der Waals surface area contributed by atoms with E-state index in [0.29, 0.717) is 23.7 Å². The van der Waals surface area contributed by atoms with Gasteiger partial charge in [0.05, 0.1) is 19.7 Å². The van der Waals surface area contributed by atoms with Gasteiger partial charge in [-0.25, -0.2) is 14.2 Å². The molecule has 2 bridgehead atoms. The van der Waals surface area contributed by atoms with Gasteiger partial charge in [0.1, 0.15) is 12.4 Å². The number of carbonyl (C=O) groups excluding carboxylic acids is 2. The Kier molecular flexibility index (Phi) is 4.42. The van der Waals surface area contributed by atoms with Gasteiger partial charge in [-0.3, -0.25) is 4.79 Å². The number of carbonyl (C=O) groups is 2. The van der Waals surface area contributed by atoms with E-state index in [0.717, 1.165) is 17.6 Å². The summed E-state index contributed by atoms with van der Waals surface area (Å²) in [5.74, 6) is 0.342. The fourth-order valence-corrected chi connectivity index (χ4v) is 4.63. The Bertz CT molecular complexity index is 1070. The minimum absolute atomic E-state index is 0.00000488. The lowest BCUT2D eigenvalue weighted by Crippen LogP contribution is -2.47. The first-order valence-corrected chi connectivity index (χ1v) is 9.88. The second kappa shape index (κ2) is 7.12. The summed E-state index contributed by atoms with van der Waals surface area (Å²) in [4.78, 5) is 32.9. The molecule has 1 aromatic carbocycles. The molecule has 3 aliphatic rings. The molecule has 0 spiro atoms. The van der Waals surface area contributed by atoms with E-state index in [-0.39, 0.29) is 42.8 Å². The molecule has 3 heterocycles. The van der Waals surface area contributed by atoms with Crippen molar-refractivity contribution in [3.63, 3.8) is 0 Å². The van der Waals surface area contributed by atoms with E-state index < -0.39 is 0 Å². The van der Waals surface area contributed by atoms with Crippen molar-refractivity contribution in [2.45, 2.75) is 19.0 Å². The van der Waals surface area contributed by atoms with E-state index in [2.05, 4.69) is 16.4 Å². The van der Waals surface area contributed by atoms with Gasteiger partial charge in [0.2, 0.25) is 11.8 Å². The molecule has 1 saturated heterocycles. The summed E-state index contributed by atoms with van der Waals surface area (Å²) >= 11 is 0. The normalized spacial score (nSPS) is 21.9. The molecule has 154 valence electrons. The van der Waals surface area contributed by atoms with Crippen LogP contribution in [-0.4, -0.2) is 53.0 Å². The Hall–Kier alpha value is -3.42. The van der Waals surface area contributed by atoms with Gasteiger partial charge < -0.3 is 19.9 Å². The van der Waals surface area contributed by atoms with Crippen molar-refractivity contribution in [1.82, 2.24) is 14.8 Å². The first-order valence-electron chi connectivity index (χ1n) is 9.88. The molecule has 5 rings (SSSR count). The van der Waals surface area contributed by atoms with Crippen molar-refractivity contribution in [3.8, 4) is 5.88 Å². The van der Waals surface area contributed by atoms with E-state index in [9.17, 15) is 14.0 Å². The van der Waals surface area contributed by atoms with E-state index in [4.69, 9.17) is 4.74 Å². The number of aromatic nitrogens is 1. The zero-order valence-electron chi connectivity index (χ0n) is 16.5. The van der Waals surface area contributed by atoms with Crippen molar-refractivity contribution < 1.29 is 18.7 Å². The number of urea groups is 1. The average molecular weight is 408 g/mol. The molecule has 1 aromatic heterocycles. The number of ether oxygens (including phenoxy) is 1. The van der Waals surface area contributed by atoms with Crippen LogP contribution >= 0.6 is 0 Å². The molecule has 30 heavy (non-hydrogen) atoms. The highest BCUT2D eigenvalue weighted by atomic mass is 19.1. The standard InChI is InChI=1S/C22H21FN4O3/c1-30-21-17(3-2-6-24-21)18-9-16-8-13(18)11-27(16)20(28)12-26-10-14-7-15(23)4-5-19(14)25-22(26)29/h2-7,9,13,16H,8,10-12H2,1H3,(H,25,29)/t13-,16-/m0/s1. The van der Waals surface area contributed by atoms with Crippen molar-refractivity contribution >= 4 is 23.2 Å². The largest absolute Gasteiger partial charge is 0.481 e. The fourth-order valence-electron chi connectivity index (χ4n) is 4.63. The lowest BCUT2D eigenvalue weighted by molar-refractivity contribution is -0.132. The summed E-state index contributed by atoms with van der Waals surface area (Å²) in [5.41, 5.74) is 3.38. The molecule has 0 saturated carbocycles. The second-order valence-corrected chi connectivity index (χ2v) is 7.82. The number of amides is 3. The van der Waals surface area contributed by atoms with Gasteiger partial charge in [0, 0.05) is 29.9 Å². The highest BCUT2D eigenvalue weighted by Crippen LogP contribution is 2.44. The number of halogens is 1. The smallest absolute Gasteiger partial charge is 0.322 e. The molecule has 0 unspecified atom stereocenters. The zero-order valence-corrected chi connectivity index (χ0v) is 16.5. The van der Waals surface area contributed by atoms with Crippen LogP contribution < -0.4 is 10.1 Å². The summed E-state index contributed by atoms with van der Waals surface area (Å²) in [6, 6.07) is 7.76. The summed E-state index contributed by atoms with van der Waals surface area (Å²) in [6.45, 7) is 0.777. The molecule has 1 aliphatic carbocycles. The Morgan fingerprint density at radius 3 is 3.00 bits per heavy atom. The second-order valence-electron chi connectivity index (χ2n) is 7.82. The van der Waals surface area contributed by atoms with Crippen LogP contribution in [0, 0.1) is 11.7 Å². The molecule has 1 fully saturated rings. The number of anilines is 1. The molecule has 2 atom stereocenters. The Morgan fingerprint density at radius 1 is 1.37 bits per heavy atom. The lowest BCUT2D eigenvalue weighted by atomic mass is 9.96. The molecule has 1 N–H and O–H groups in total. The van der Waals surface area contributed by atoms with Gasteiger partial charge in [0.25, 0.3) is 0 Å². The maximum atomic E-state index is 13.5. The number of hydrogen-bond acceptors (Lipinski definition) is 4. The average Bonchev–Trinajstić information content (AvgIpc) is 3.35. The number of nitrogens with zero attached hydrogens (tertiary/aromatic N) is 3. The molecule has 3 amide bonds. The van der Waals surface area contributed by atoms with Crippen molar-refractivity contribution in [2.75, 3.05) is 25.5 Å². The molecule has 8 heteroatoms. The number of nitrogens with one attached hydrogen (secondary N) is 1. The van der Waals surface area contributed by atoms with Crippen LogP contribution in [0.4, 0.5) is 14.9 Å². The monoisotopic (exact) mass is 408 g/mol. The molecule has 0 radical (unpaired) electrons. The number of hydrogen-bond donors (Lipinski definition) is 1. The molecule has 2 aliphatic heterocycles. The van der Waals surface area contributed by atoms with Gasteiger partial charge in [-0.2, -0.15) is 0 Å². The number of fused-ring (bicyclic) bond motifs is 3. The van der Waals surface area contributed by atoms with Crippen LogP contribution in [0.15, 0.2) is 42.6 Å². The SMILES string of the molecule is COc1ncccc1C1=C[C@@H]2C[C@H]1CN2C(=O)CN1Cc2cc(F)ccc2NC1=O. The first kappa shape index (κ1) is 18.6. The number of methoxy groups -OCH3 is 1. The van der Waals surface area contributed by atoms with E-state index in [1.165, 1.54) is 17.0 Å². The third-order valence-corrected chi connectivity index (χ3v) is 6.03.